The van der Waals surface area contributed by atoms with Crippen molar-refractivity contribution in [2.75, 3.05) is 11.4 Å². The Kier molecular flexibility index (Phi) is 4.21. The molecule has 92 valence electrons. The summed E-state index contributed by atoms with van der Waals surface area (Å²) in [4.78, 5) is 13.9. The fourth-order valence-corrected chi connectivity index (χ4v) is 2.62. The minimum Gasteiger partial charge on any atom is -0.312 e. The van der Waals surface area contributed by atoms with Gasteiger partial charge in [0.15, 0.2) is 0 Å². The Morgan fingerprint density at radius 1 is 1.29 bits per heavy atom. The van der Waals surface area contributed by atoms with E-state index < -0.39 is 0 Å². The number of halogens is 1. The summed E-state index contributed by atoms with van der Waals surface area (Å²) in [7, 11) is 0. The van der Waals surface area contributed by atoms with Gasteiger partial charge in [-0.3, -0.25) is 4.79 Å². The van der Waals surface area contributed by atoms with E-state index in [2.05, 4.69) is 28.9 Å². The molecule has 0 aliphatic carbocycles. The van der Waals surface area contributed by atoms with Crippen molar-refractivity contribution in [3.8, 4) is 0 Å². The van der Waals surface area contributed by atoms with Crippen LogP contribution in [0.4, 0.5) is 5.69 Å². The van der Waals surface area contributed by atoms with E-state index in [0.717, 1.165) is 28.7 Å². The molecule has 2 nitrogen and oxygen atoms in total. The number of carbonyl (C=O) groups is 1. The quantitative estimate of drug-likeness (QED) is 0.754. The van der Waals surface area contributed by atoms with Crippen molar-refractivity contribution in [1.82, 2.24) is 0 Å². The molecule has 0 aromatic heterocycles. The molecule has 1 aromatic rings. The summed E-state index contributed by atoms with van der Waals surface area (Å²) in [5, 5.41) is 0. The highest BCUT2D eigenvalue weighted by molar-refractivity contribution is 9.10. The first-order valence-electron chi connectivity index (χ1n) is 6.31. The zero-order chi connectivity index (χ0) is 12.3. The van der Waals surface area contributed by atoms with Gasteiger partial charge in [-0.2, -0.15) is 0 Å². The number of nitrogens with zero attached hydrogens (tertiary/aromatic N) is 1. The third kappa shape index (κ3) is 2.89. The van der Waals surface area contributed by atoms with Crippen LogP contribution in [0.5, 0.6) is 0 Å². The van der Waals surface area contributed by atoms with Crippen LogP contribution in [-0.2, 0) is 11.2 Å². The molecule has 0 atom stereocenters. The Labute approximate surface area is 111 Å². The molecule has 3 heteroatoms. The summed E-state index contributed by atoms with van der Waals surface area (Å²) >= 11 is 3.47. The van der Waals surface area contributed by atoms with Gasteiger partial charge >= 0.3 is 0 Å². The van der Waals surface area contributed by atoms with E-state index in [1.54, 1.807) is 0 Å². The number of benzene rings is 1. The normalized spacial score (nSPS) is 14.2. The number of rotatable bonds is 5. The van der Waals surface area contributed by atoms with Crippen molar-refractivity contribution >= 4 is 27.5 Å². The van der Waals surface area contributed by atoms with Crippen LogP contribution >= 0.6 is 15.9 Å². The molecule has 0 spiro atoms. The highest BCUT2D eigenvalue weighted by atomic mass is 79.9. The van der Waals surface area contributed by atoms with Crippen LogP contribution < -0.4 is 4.90 Å². The predicted molar refractivity (Wildman–Crippen MR) is 74.3 cm³/mol. The van der Waals surface area contributed by atoms with Crippen molar-refractivity contribution in [3.63, 3.8) is 0 Å². The van der Waals surface area contributed by atoms with E-state index in [0.29, 0.717) is 6.42 Å². The van der Waals surface area contributed by atoms with Gasteiger partial charge < -0.3 is 4.90 Å². The Balaban J connectivity index is 2.03. The number of carbonyl (C=O) groups excluding carboxylic acids is 1. The summed E-state index contributed by atoms with van der Waals surface area (Å²) in [6.45, 7) is 3.07. The van der Waals surface area contributed by atoms with Crippen LogP contribution in [0.3, 0.4) is 0 Å². The minimum atomic E-state index is 0.245. The van der Waals surface area contributed by atoms with Gasteiger partial charge in [0.05, 0.1) is 6.42 Å². The molecule has 1 aliphatic heterocycles. The van der Waals surface area contributed by atoms with E-state index in [1.165, 1.54) is 19.3 Å². The van der Waals surface area contributed by atoms with E-state index in [9.17, 15) is 4.79 Å². The molecule has 1 amide bonds. The molecule has 0 radical (unpaired) electrons. The molecule has 1 heterocycles. The highest BCUT2D eigenvalue weighted by Crippen LogP contribution is 2.31. The Hall–Kier alpha value is -0.830. The lowest BCUT2D eigenvalue weighted by atomic mass is 10.1. The Bertz CT molecular complexity index is 417. The van der Waals surface area contributed by atoms with Crippen molar-refractivity contribution in [1.29, 1.82) is 0 Å². The van der Waals surface area contributed by atoms with E-state index in [1.807, 2.05) is 17.0 Å². The number of hydrogen-bond acceptors (Lipinski definition) is 1. The van der Waals surface area contributed by atoms with Gasteiger partial charge in [-0.25, -0.2) is 0 Å². The monoisotopic (exact) mass is 295 g/mol. The number of unbranched alkanes of at least 4 members (excludes halogenated alkanes) is 3. The van der Waals surface area contributed by atoms with Crippen molar-refractivity contribution in [2.24, 2.45) is 0 Å². The summed E-state index contributed by atoms with van der Waals surface area (Å²) in [5.41, 5.74) is 2.26. The second-order valence-electron chi connectivity index (χ2n) is 4.56. The van der Waals surface area contributed by atoms with E-state index in [-0.39, 0.29) is 5.91 Å². The Morgan fingerprint density at radius 2 is 2.12 bits per heavy atom. The third-order valence-corrected chi connectivity index (χ3v) is 3.71. The number of amides is 1. The maximum atomic E-state index is 11.9. The fraction of sp³-hybridized carbons (Fsp3) is 0.500. The SMILES string of the molecule is CCCCCCN1C(=O)Cc2ccc(Br)cc21. The maximum absolute atomic E-state index is 11.9. The topological polar surface area (TPSA) is 20.3 Å². The number of fused-ring (bicyclic) bond motifs is 1. The zero-order valence-corrected chi connectivity index (χ0v) is 11.8. The summed E-state index contributed by atoms with van der Waals surface area (Å²) in [6, 6.07) is 6.11. The molecule has 1 aromatic carbocycles. The molecule has 2 rings (SSSR count). The second kappa shape index (κ2) is 5.67. The average molecular weight is 296 g/mol. The van der Waals surface area contributed by atoms with Crippen LogP contribution in [0.15, 0.2) is 22.7 Å². The lowest BCUT2D eigenvalue weighted by Crippen LogP contribution is -2.27. The van der Waals surface area contributed by atoms with Gasteiger partial charge in [-0.05, 0) is 24.1 Å². The van der Waals surface area contributed by atoms with Crippen molar-refractivity contribution < 1.29 is 4.79 Å². The molecule has 0 N–H and O–H groups in total. The van der Waals surface area contributed by atoms with Gasteiger partial charge in [0.1, 0.15) is 0 Å². The van der Waals surface area contributed by atoms with Gasteiger partial charge in [-0.1, -0.05) is 48.2 Å². The standard InChI is InChI=1S/C14H18BrNO/c1-2-3-4-5-8-16-13-10-12(15)7-6-11(13)9-14(16)17/h6-7,10H,2-5,8-9H2,1H3. The Morgan fingerprint density at radius 3 is 2.88 bits per heavy atom. The maximum Gasteiger partial charge on any atom is 0.231 e. The average Bonchev–Trinajstić information content (AvgIpc) is 2.61. The molecule has 0 bridgehead atoms. The molecular formula is C14H18BrNO. The van der Waals surface area contributed by atoms with Crippen LogP contribution in [0.2, 0.25) is 0 Å². The summed E-state index contributed by atoms with van der Waals surface area (Å²) in [5.74, 6) is 0.245. The minimum absolute atomic E-state index is 0.245. The van der Waals surface area contributed by atoms with Crippen LogP contribution in [0.1, 0.15) is 38.2 Å². The van der Waals surface area contributed by atoms with E-state index in [4.69, 9.17) is 0 Å². The van der Waals surface area contributed by atoms with Gasteiger partial charge in [-0.15, -0.1) is 0 Å². The number of hydrogen-bond donors (Lipinski definition) is 0. The predicted octanol–water partition coefficient (Wildman–Crippen LogP) is 3.92. The third-order valence-electron chi connectivity index (χ3n) is 3.22. The summed E-state index contributed by atoms with van der Waals surface area (Å²) < 4.78 is 1.05. The second-order valence-corrected chi connectivity index (χ2v) is 5.47. The van der Waals surface area contributed by atoms with Crippen molar-refractivity contribution in [2.45, 2.75) is 39.0 Å². The summed E-state index contributed by atoms with van der Waals surface area (Å²) in [6.07, 6.45) is 5.37. The molecule has 0 fully saturated rings. The van der Waals surface area contributed by atoms with Gasteiger partial charge in [0.25, 0.3) is 0 Å². The molecule has 1 aliphatic rings. The first-order chi connectivity index (χ1) is 8.22. The molecule has 17 heavy (non-hydrogen) atoms. The lowest BCUT2D eigenvalue weighted by molar-refractivity contribution is -0.117. The molecular weight excluding hydrogens is 278 g/mol. The van der Waals surface area contributed by atoms with Gasteiger partial charge in [0, 0.05) is 16.7 Å². The zero-order valence-electron chi connectivity index (χ0n) is 10.2. The lowest BCUT2D eigenvalue weighted by Gasteiger charge is -2.17. The number of anilines is 1. The largest absolute Gasteiger partial charge is 0.312 e. The van der Waals surface area contributed by atoms with Gasteiger partial charge in [0.2, 0.25) is 5.91 Å². The van der Waals surface area contributed by atoms with E-state index >= 15 is 0 Å². The highest BCUT2D eigenvalue weighted by Gasteiger charge is 2.26. The van der Waals surface area contributed by atoms with Crippen LogP contribution in [0.25, 0.3) is 0 Å². The molecule has 0 saturated heterocycles. The van der Waals surface area contributed by atoms with Crippen LogP contribution in [-0.4, -0.2) is 12.5 Å². The first-order valence-corrected chi connectivity index (χ1v) is 7.10. The van der Waals surface area contributed by atoms with Crippen LogP contribution in [0, 0.1) is 0 Å². The smallest absolute Gasteiger partial charge is 0.231 e. The fourth-order valence-electron chi connectivity index (χ4n) is 2.27. The van der Waals surface area contributed by atoms with Crippen molar-refractivity contribution in [3.05, 3.63) is 28.2 Å². The molecule has 0 saturated carbocycles. The molecule has 0 unspecified atom stereocenters. The first kappa shape index (κ1) is 12.6.